The van der Waals surface area contributed by atoms with Crippen LogP contribution in [0.15, 0.2) is 53.4 Å². The van der Waals surface area contributed by atoms with Crippen LogP contribution in [0.5, 0.6) is 0 Å². The number of nitrogens with one attached hydrogen (secondary N) is 1. The predicted octanol–water partition coefficient (Wildman–Crippen LogP) is 3.21. The molecular formula is C18H25ClN2O2S. The lowest BCUT2D eigenvalue weighted by Gasteiger charge is -2.14. The molecule has 2 rings (SSSR count). The van der Waals surface area contributed by atoms with Gasteiger partial charge in [-0.05, 0) is 41.7 Å². The average Bonchev–Trinajstić information content (AvgIpc) is 2.59. The number of benzene rings is 2. The fourth-order valence-corrected chi connectivity index (χ4v) is 3.65. The first kappa shape index (κ1) is 20.6. The quantitative estimate of drug-likeness (QED) is 0.788. The van der Waals surface area contributed by atoms with E-state index in [9.17, 15) is 8.42 Å². The first-order chi connectivity index (χ1) is 11.0. The van der Waals surface area contributed by atoms with E-state index in [0.717, 1.165) is 24.0 Å². The van der Waals surface area contributed by atoms with Crippen molar-refractivity contribution in [1.82, 2.24) is 4.72 Å². The van der Waals surface area contributed by atoms with Crippen LogP contribution in [-0.4, -0.2) is 15.0 Å². The lowest BCUT2D eigenvalue weighted by atomic mass is 10.0. The van der Waals surface area contributed by atoms with Crippen molar-refractivity contribution in [2.45, 2.75) is 37.6 Å². The molecule has 0 amide bonds. The van der Waals surface area contributed by atoms with Gasteiger partial charge >= 0.3 is 0 Å². The van der Waals surface area contributed by atoms with Crippen LogP contribution in [0.4, 0.5) is 0 Å². The maximum atomic E-state index is 12.5. The standard InChI is InChI=1S/C18H24N2O2S.ClH/c1-3-14-10-11-17(12-15(14)4-2)23(21,22)20-13-18(19)16-8-6-5-7-9-16;/h5-12,18,20H,3-4,13,19H2,1-2H3;1H. The Kier molecular flexibility index (Phi) is 7.90. The fourth-order valence-electron chi connectivity index (χ4n) is 2.54. The van der Waals surface area contributed by atoms with E-state index in [0.29, 0.717) is 4.90 Å². The van der Waals surface area contributed by atoms with Crippen molar-refractivity contribution >= 4 is 22.4 Å². The molecule has 0 aliphatic rings. The van der Waals surface area contributed by atoms with E-state index >= 15 is 0 Å². The van der Waals surface area contributed by atoms with Crippen LogP contribution in [0.2, 0.25) is 0 Å². The third-order valence-electron chi connectivity index (χ3n) is 3.97. The highest BCUT2D eigenvalue weighted by atomic mass is 35.5. The van der Waals surface area contributed by atoms with Gasteiger partial charge in [0.05, 0.1) is 4.90 Å². The molecular weight excluding hydrogens is 344 g/mol. The fraction of sp³-hybridized carbons (Fsp3) is 0.333. The zero-order chi connectivity index (χ0) is 16.9. The zero-order valence-electron chi connectivity index (χ0n) is 14.0. The van der Waals surface area contributed by atoms with Gasteiger partial charge in [0.2, 0.25) is 10.0 Å². The number of nitrogens with two attached hydrogens (primary N) is 1. The summed E-state index contributed by atoms with van der Waals surface area (Å²) in [5.41, 5.74) is 9.22. The zero-order valence-corrected chi connectivity index (χ0v) is 15.7. The first-order valence-electron chi connectivity index (χ1n) is 7.90. The summed E-state index contributed by atoms with van der Waals surface area (Å²) in [7, 11) is -3.55. The molecule has 0 heterocycles. The molecule has 24 heavy (non-hydrogen) atoms. The van der Waals surface area contributed by atoms with Gasteiger partial charge in [-0.3, -0.25) is 0 Å². The summed E-state index contributed by atoms with van der Waals surface area (Å²) in [6.45, 7) is 4.27. The molecule has 6 heteroatoms. The Morgan fingerprint density at radius 2 is 1.62 bits per heavy atom. The van der Waals surface area contributed by atoms with Crippen LogP contribution in [0.3, 0.4) is 0 Å². The minimum Gasteiger partial charge on any atom is -0.323 e. The van der Waals surface area contributed by atoms with Gasteiger partial charge in [0, 0.05) is 12.6 Å². The van der Waals surface area contributed by atoms with Crippen LogP contribution in [0.25, 0.3) is 0 Å². The molecule has 0 radical (unpaired) electrons. The van der Waals surface area contributed by atoms with Gasteiger partial charge in [0.25, 0.3) is 0 Å². The Bertz CT molecular complexity index is 749. The van der Waals surface area contributed by atoms with E-state index in [1.807, 2.05) is 43.3 Å². The molecule has 0 fully saturated rings. The minimum absolute atomic E-state index is 0. The van der Waals surface area contributed by atoms with E-state index in [2.05, 4.69) is 11.6 Å². The molecule has 0 aromatic heterocycles. The molecule has 1 unspecified atom stereocenters. The van der Waals surface area contributed by atoms with Crippen molar-refractivity contribution in [3.05, 3.63) is 65.2 Å². The molecule has 2 aromatic carbocycles. The number of rotatable bonds is 7. The predicted molar refractivity (Wildman–Crippen MR) is 101 cm³/mol. The average molecular weight is 369 g/mol. The molecule has 0 saturated heterocycles. The van der Waals surface area contributed by atoms with Gasteiger partial charge in [-0.2, -0.15) is 0 Å². The van der Waals surface area contributed by atoms with Crippen molar-refractivity contribution in [2.75, 3.05) is 6.54 Å². The van der Waals surface area contributed by atoms with E-state index in [1.54, 1.807) is 12.1 Å². The van der Waals surface area contributed by atoms with Crippen LogP contribution < -0.4 is 10.5 Å². The molecule has 1 atom stereocenters. The van der Waals surface area contributed by atoms with Gasteiger partial charge in [-0.1, -0.05) is 50.2 Å². The highest BCUT2D eigenvalue weighted by molar-refractivity contribution is 7.89. The van der Waals surface area contributed by atoms with Gasteiger partial charge in [0.15, 0.2) is 0 Å². The summed E-state index contributed by atoms with van der Waals surface area (Å²) in [4.78, 5) is 0.298. The van der Waals surface area contributed by atoms with Gasteiger partial charge < -0.3 is 5.73 Å². The highest BCUT2D eigenvalue weighted by Crippen LogP contribution is 2.18. The second-order valence-corrected chi connectivity index (χ2v) is 7.27. The molecule has 2 aromatic rings. The summed E-state index contributed by atoms with van der Waals surface area (Å²) in [5.74, 6) is 0. The Hall–Kier alpha value is -1.40. The number of aryl methyl sites for hydroxylation is 2. The highest BCUT2D eigenvalue weighted by Gasteiger charge is 2.17. The van der Waals surface area contributed by atoms with E-state index in [-0.39, 0.29) is 25.0 Å². The summed E-state index contributed by atoms with van der Waals surface area (Å²) in [6.07, 6.45) is 1.71. The van der Waals surface area contributed by atoms with Crippen molar-refractivity contribution < 1.29 is 8.42 Å². The van der Waals surface area contributed by atoms with Crippen molar-refractivity contribution in [2.24, 2.45) is 5.73 Å². The van der Waals surface area contributed by atoms with E-state index < -0.39 is 10.0 Å². The number of sulfonamides is 1. The Balaban J connectivity index is 0.00000288. The van der Waals surface area contributed by atoms with Gasteiger partial charge in [-0.25, -0.2) is 13.1 Å². The Morgan fingerprint density at radius 3 is 2.21 bits per heavy atom. The van der Waals surface area contributed by atoms with Crippen LogP contribution in [0.1, 0.15) is 36.6 Å². The van der Waals surface area contributed by atoms with Crippen LogP contribution >= 0.6 is 12.4 Å². The lowest BCUT2D eigenvalue weighted by molar-refractivity contribution is 0.572. The summed E-state index contributed by atoms with van der Waals surface area (Å²) in [6, 6.07) is 14.4. The molecule has 4 nitrogen and oxygen atoms in total. The molecule has 3 N–H and O–H groups in total. The third-order valence-corrected chi connectivity index (χ3v) is 5.39. The van der Waals surface area contributed by atoms with Crippen molar-refractivity contribution in [1.29, 1.82) is 0 Å². The molecule has 0 spiro atoms. The number of hydrogen-bond acceptors (Lipinski definition) is 3. The lowest BCUT2D eigenvalue weighted by Crippen LogP contribution is -2.32. The van der Waals surface area contributed by atoms with E-state index in [1.165, 1.54) is 5.56 Å². The van der Waals surface area contributed by atoms with E-state index in [4.69, 9.17) is 5.73 Å². The molecule has 0 saturated carbocycles. The first-order valence-corrected chi connectivity index (χ1v) is 9.38. The number of halogens is 1. The largest absolute Gasteiger partial charge is 0.323 e. The molecule has 0 bridgehead atoms. The summed E-state index contributed by atoms with van der Waals surface area (Å²) >= 11 is 0. The maximum absolute atomic E-state index is 12.5. The smallest absolute Gasteiger partial charge is 0.240 e. The number of hydrogen-bond donors (Lipinski definition) is 2. The van der Waals surface area contributed by atoms with Crippen molar-refractivity contribution in [3.8, 4) is 0 Å². The van der Waals surface area contributed by atoms with Crippen molar-refractivity contribution in [3.63, 3.8) is 0 Å². The van der Waals surface area contributed by atoms with Crippen LogP contribution in [-0.2, 0) is 22.9 Å². The second-order valence-electron chi connectivity index (χ2n) is 5.51. The Labute approximate surface area is 150 Å². The van der Waals surface area contributed by atoms with Crippen LogP contribution in [0, 0.1) is 0 Å². The monoisotopic (exact) mass is 368 g/mol. The topological polar surface area (TPSA) is 72.2 Å². The van der Waals surface area contributed by atoms with Gasteiger partial charge in [0.1, 0.15) is 0 Å². The normalized spacial score (nSPS) is 12.5. The molecule has 0 aliphatic carbocycles. The Morgan fingerprint density at radius 1 is 1.00 bits per heavy atom. The summed E-state index contributed by atoms with van der Waals surface area (Å²) in [5, 5.41) is 0. The SMILES string of the molecule is CCc1ccc(S(=O)(=O)NCC(N)c2ccccc2)cc1CC.Cl. The molecule has 132 valence electrons. The van der Waals surface area contributed by atoms with Gasteiger partial charge in [-0.15, -0.1) is 12.4 Å². The summed E-state index contributed by atoms with van der Waals surface area (Å²) < 4.78 is 27.5. The molecule has 0 aliphatic heterocycles. The third kappa shape index (κ3) is 5.05. The maximum Gasteiger partial charge on any atom is 0.240 e. The second kappa shape index (κ2) is 9.18. The minimum atomic E-state index is -3.55.